The lowest BCUT2D eigenvalue weighted by Crippen LogP contribution is -2.73. The first-order valence-electron chi connectivity index (χ1n) is 10.9. The Labute approximate surface area is 189 Å². The molecule has 7 heteroatoms. The summed E-state index contributed by atoms with van der Waals surface area (Å²) in [6.07, 6.45) is 0.835. The molecule has 0 unspecified atom stereocenters. The number of aliphatic hydroxyl groups is 1. The van der Waals surface area contributed by atoms with Crippen LogP contribution in [0.15, 0.2) is 59.5 Å². The molecule has 4 rings (SSSR count). The highest BCUT2D eigenvalue weighted by molar-refractivity contribution is 7.89. The van der Waals surface area contributed by atoms with E-state index >= 15 is 0 Å². The zero-order valence-electron chi connectivity index (χ0n) is 18.3. The van der Waals surface area contributed by atoms with Crippen molar-refractivity contribution < 1.29 is 18.3 Å². The van der Waals surface area contributed by atoms with Crippen LogP contribution in [0, 0.1) is 17.8 Å². The van der Waals surface area contributed by atoms with E-state index in [9.17, 15) is 18.3 Å². The van der Waals surface area contributed by atoms with Crippen LogP contribution >= 0.6 is 0 Å². The maximum atomic E-state index is 13.1. The summed E-state index contributed by atoms with van der Waals surface area (Å²) in [5, 5.41) is 9.95. The summed E-state index contributed by atoms with van der Waals surface area (Å²) >= 11 is 0. The fraction of sp³-hybridized carbons (Fsp3) is 0.400. The molecule has 2 aliphatic rings. The van der Waals surface area contributed by atoms with Gasteiger partial charge in [0.25, 0.3) is 0 Å². The SMILES string of the molecule is CC(C)CC#Cc1ccc([C@@H]2[C@@H](CO)N3C(=O)CN(S(=O)(=O)c4ccccc4)C[C@H]23)cc1. The third-order valence-corrected chi connectivity index (χ3v) is 7.97. The highest BCUT2D eigenvalue weighted by atomic mass is 32.2. The van der Waals surface area contributed by atoms with Crippen LogP contribution in [0.5, 0.6) is 0 Å². The Morgan fingerprint density at radius 3 is 2.41 bits per heavy atom. The first-order valence-corrected chi connectivity index (χ1v) is 12.3. The molecule has 0 saturated carbocycles. The van der Waals surface area contributed by atoms with E-state index in [4.69, 9.17) is 0 Å². The van der Waals surface area contributed by atoms with Gasteiger partial charge in [-0.2, -0.15) is 4.31 Å². The van der Waals surface area contributed by atoms with E-state index < -0.39 is 10.0 Å². The molecule has 6 nitrogen and oxygen atoms in total. The second kappa shape index (κ2) is 9.07. The van der Waals surface area contributed by atoms with Gasteiger partial charge in [-0.1, -0.05) is 56.0 Å². The van der Waals surface area contributed by atoms with Crippen molar-refractivity contribution in [2.45, 2.75) is 43.2 Å². The molecule has 1 N–H and O–H groups in total. The number of sulfonamides is 1. The van der Waals surface area contributed by atoms with E-state index in [0.29, 0.717) is 5.92 Å². The summed E-state index contributed by atoms with van der Waals surface area (Å²) in [4.78, 5) is 14.6. The number of piperazine rings is 1. The van der Waals surface area contributed by atoms with Gasteiger partial charge < -0.3 is 10.0 Å². The van der Waals surface area contributed by atoms with Crippen LogP contribution in [0.4, 0.5) is 0 Å². The van der Waals surface area contributed by atoms with E-state index in [1.807, 2.05) is 24.3 Å². The molecule has 1 amide bonds. The van der Waals surface area contributed by atoms with E-state index in [1.165, 1.54) is 4.31 Å². The van der Waals surface area contributed by atoms with Crippen LogP contribution in [0.3, 0.4) is 0 Å². The second-order valence-corrected chi connectivity index (χ2v) is 10.7. The topological polar surface area (TPSA) is 77.9 Å². The van der Waals surface area contributed by atoms with Gasteiger partial charge in [0.15, 0.2) is 0 Å². The van der Waals surface area contributed by atoms with E-state index in [2.05, 4.69) is 25.7 Å². The van der Waals surface area contributed by atoms with Gasteiger partial charge in [0.1, 0.15) is 0 Å². The van der Waals surface area contributed by atoms with Crippen LogP contribution in [0.1, 0.15) is 37.3 Å². The van der Waals surface area contributed by atoms with Crippen molar-refractivity contribution in [1.29, 1.82) is 0 Å². The van der Waals surface area contributed by atoms with Gasteiger partial charge in [-0.25, -0.2) is 8.42 Å². The van der Waals surface area contributed by atoms with Crippen LogP contribution in [0.2, 0.25) is 0 Å². The summed E-state index contributed by atoms with van der Waals surface area (Å²) in [7, 11) is -3.77. The number of nitrogens with zero attached hydrogens (tertiary/aromatic N) is 2. The Kier molecular flexibility index (Phi) is 6.38. The van der Waals surface area contributed by atoms with Gasteiger partial charge in [-0.15, -0.1) is 0 Å². The summed E-state index contributed by atoms with van der Waals surface area (Å²) in [5.74, 6) is 6.45. The Bertz CT molecular complexity index is 1130. The minimum absolute atomic E-state index is 0.129. The predicted octanol–water partition coefficient (Wildman–Crippen LogP) is 2.44. The molecule has 2 fully saturated rings. The molecule has 0 spiro atoms. The molecule has 3 atom stereocenters. The Balaban J connectivity index is 1.56. The largest absolute Gasteiger partial charge is 0.394 e. The van der Waals surface area contributed by atoms with Crippen molar-refractivity contribution >= 4 is 15.9 Å². The molecule has 2 aromatic rings. The van der Waals surface area contributed by atoms with Crippen molar-refractivity contribution in [2.75, 3.05) is 19.7 Å². The number of carbonyl (C=O) groups is 1. The van der Waals surface area contributed by atoms with Gasteiger partial charge in [-0.3, -0.25) is 4.79 Å². The highest BCUT2D eigenvalue weighted by Gasteiger charge is 2.55. The van der Waals surface area contributed by atoms with Crippen LogP contribution in [-0.4, -0.2) is 60.4 Å². The second-order valence-electron chi connectivity index (χ2n) is 8.78. The van der Waals surface area contributed by atoms with Crippen molar-refractivity contribution in [2.24, 2.45) is 5.92 Å². The maximum Gasteiger partial charge on any atom is 0.243 e. The van der Waals surface area contributed by atoms with E-state index in [0.717, 1.165) is 17.5 Å². The molecule has 168 valence electrons. The third kappa shape index (κ3) is 4.18. The zero-order valence-corrected chi connectivity index (χ0v) is 19.1. The van der Waals surface area contributed by atoms with E-state index in [1.54, 1.807) is 35.2 Å². The van der Waals surface area contributed by atoms with Gasteiger partial charge in [-0.05, 0) is 35.7 Å². The minimum Gasteiger partial charge on any atom is -0.394 e. The Hall–Kier alpha value is -2.66. The standard InChI is InChI=1S/C25H28N2O4S/c1-18(2)7-6-8-19-11-13-20(14-12-19)25-22-15-26(16-24(29)27(22)23(25)17-28)32(30,31)21-9-4-3-5-10-21/h3-5,9-14,18,22-23,25,28H,7,15-17H2,1-2H3/t22-,23-,25+/m1/s1. The maximum absolute atomic E-state index is 13.1. The molecule has 0 aliphatic carbocycles. The summed E-state index contributed by atoms with van der Waals surface area (Å²) in [6, 6.07) is 15.4. The quantitative estimate of drug-likeness (QED) is 0.707. The highest BCUT2D eigenvalue weighted by Crippen LogP contribution is 2.43. The molecule has 0 bridgehead atoms. The number of fused-ring (bicyclic) bond motifs is 1. The number of carbonyl (C=O) groups excluding carboxylic acids is 1. The van der Waals surface area contributed by atoms with Crippen molar-refractivity contribution in [3.05, 3.63) is 65.7 Å². The smallest absolute Gasteiger partial charge is 0.243 e. The molecule has 2 aliphatic heterocycles. The molecule has 32 heavy (non-hydrogen) atoms. The third-order valence-electron chi connectivity index (χ3n) is 6.14. The normalized spacial score (nSPS) is 23.3. The van der Waals surface area contributed by atoms with Crippen LogP contribution < -0.4 is 0 Å². The summed E-state index contributed by atoms with van der Waals surface area (Å²) < 4.78 is 27.4. The van der Waals surface area contributed by atoms with Gasteiger partial charge >= 0.3 is 0 Å². The Morgan fingerprint density at radius 2 is 1.78 bits per heavy atom. The zero-order chi connectivity index (χ0) is 22.9. The molecule has 2 aromatic carbocycles. The van der Waals surface area contributed by atoms with Crippen molar-refractivity contribution in [1.82, 2.24) is 9.21 Å². The fourth-order valence-electron chi connectivity index (χ4n) is 4.54. The first-order chi connectivity index (χ1) is 15.3. The number of benzene rings is 2. The Morgan fingerprint density at radius 1 is 1.09 bits per heavy atom. The molecule has 0 aromatic heterocycles. The molecular weight excluding hydrogens is 424 g/mol. The molecule has 0 radical (unpaired) electrons. The number of aliphatic hydroxyl groups excluding tert-OH is 1. The van der Waals surface area contributed by atoms with Gasteiger partial charge in [0.2, 0.25) is 15.9 Å². The van der Waals surface area contributed by atoms with Crippen LogP contribution in [0.25, 0.3) is 0 Å². The summed E-state index contributed by atoms with van der Waals surface area (Å²) in [5.41, 5.74) is 1.89. The number of hydrogen-bond acceptors (Lipinski definition) is 4. The average molecular weight is 453 g/mol. The number of hydrogen-bond donors (Lipinski definition) is 1. The number of rotatable bonds is 5. The molecular formula is C25H28N2O4S. The lowest BCUT2D eigenvalue weighted by molar-refractivity contribution is -0.158. The molecule has 2 saturated heterocycles. The lowest BCUT2D eigenvalue weighted by atomic mass is 9.74. The number of amides is 1. The monoisotopic (exact) mass is 452 g/mol. The molecule has 2 heterocycles. The average Bonchev–Trinajstić information content (AvgIpc) is 2.76. The van der Waals surface area contributed by atoms with E-state index in [-0.39, 0.29) is 48.5 Å². The van der Waals surface area contributed by atoms with Gasteiger partial charge in [0, 0.05) is 24.4 Å². The van der Waals surface area contributed by atoms with Crippen molar-refractivity contribution in [3.63, 3.8) is 0 Å². The van der Waals surface area contributed by atoms with Crippen molar-refractivity contribution in [3.8, 4) is 11.8 Å². The fourth-order valence-corrected chi connectivity index (χ4v) is 5.97. The van der Waals surface area contributed by atoms with Crippen LogP contribution in [-0.2, 0) is 14.8 Å². The lowest BCUT2D eigenvalue weighted by Gasteiger charge is -2.58. The predicted molar refractivity (Wildman–Crippen MR) is 122 cm³/mol. The minimum atomic E-state index is -3.77. The summed E-state index contributed by atoms with van der Waals surface area (Å²) in [6.45, 7) is 4.10. The van der Waals surface area contributed by atoms with Gasteiger partial charge in [0.05, 0.1) is 30.1 Å². The first kappa shape index (κ1) is 22.5.